The molecule has 0 fully saturated rings. The van der Waals surface area contributed by atoms with Gasteiger partial charge >= 0.3 is 5.97 Å². The molecule has 3 aromatic rings. The van der Waals surface area contributed by atoms with Crippen LogP contribution in [0.25, 0.3) is 16.9 Å². The third-order valence-electron chi connectivity index (χ3n) is 4.60. The van der Waals surface area contributed by atoms with E-state index in [1.54, 1.807) is 17.7 Å². The molecule has 0 bridgehead atoms. The van der Waals surface area contributed by atoms with Gasteiger partial charge in [0.25, 0.3) is 0 Å². The molecular weight excluding hydrogens is 491 g/mol. The largest absolute Gasteiger partial charge is 0.482 e. The monoisotopic (exact) mass is 508 g/mol. The van der Waals surface area contributed by atoms with E-state index in [2.05, 4.69) is 27.7 Å². The molecule has 1 aromatic heterocycles. The summed E-state index contributed by atoms with van der Waals surface area (Å²) in [5.74, 6) is 0.267. The van der Waals surface area contributed by atoms with E-state index in [0.29, 0.717) is 16.3 Å². The quantitative estimate of drug-likeness (QED) is 0.341. The SMILES string of the molecule is CCOC(=O)c1nn(-c2ccccc2Cl)c2c1C(C)(C)Oc1cc(I)ccc1-2. The van der Waals surface area contributed by atoms with Crippen molar-refractivity contribution in [3.63, 3.8) is 0 Å². The van der Waals surface area contributed by atoms with Crippen LogP contribution >= 0.6 is 34.2 Å². The Morgan fingerprint density at radius 3 is 2.75 bits per heavy atom. The van der Waals surface area contributed by atoms with Crippen LogP contribution in [0.15, 0.2) is 42.5 Å². The Morgan fingerprint density at radius 1 is 1.29 bits per heavy atom. The Bertz CT molecular complexity index is 1090. The predicted octanol–water partition coefficient (Wildman–Crippen LogP) is 5.60. The molecule has 144 valence electrons. The third-order valence-corrected chi connectivity index (χ3v) is 5.59. The Balaban J connectivity index is 2.09. The van der Waals surface area contributed by atoms with Crippen molar-refractivity contribution in [2.45, 2.75) is 26.4 Å². The summed E-state index contributed by atoms with van der Waals surface area (Å²) >= 11 is 8.72. The number of carbonyl (C=O) groups excluding carboxylic acids is 1. The fourth-order valence-corrected chi connectivity index (χ4v) is 4.16. The standard InChI is InChI=1S/C21H18ClIN2O3/c1-4-27-20(26)18-17-19(25(24-18)15-8-6-5-7-14(15)22)13-10-9-12(23)11-16(13)28-21(17,2)3/h5-11H,4H2,1-3H3. The van der Waals surface area contributed by atoms with E-state index in [-0.39, 0.29) is 12.3 Å². The van der Waals surface area contributed by atoms with Crippen molar-refractivity contribution < 1.29 is 14.3 Å². The lowest BCUT2D eigenvalue weighted by Gasteiger charge is -2.33. The average Bonchev–Trinajstić information content (AvgIpc) is 3.03. The van der Waals surface area contributed by atoms with Crippen LogP contribution in [-0.4, -0.2) is 22.4 Å². The second-order valence-corrected chi connectivity index (χ2v) is 8.56. The minimum Gasteiger partial charge on any atom is -0.482 e. The zero-order chi connectivity index (χ0) is 20.1. The van der Waals surface area contributed by atoms with Crippen LogP contribution in [0, 0.1) is 3.57 Å². The Morgan fingerprint density at radius 2 is 2.04 bits per heavy atom. The molecule has 0 spiro atoms. The van der Waals surface area contributed by atoms with Gasteiger partial charge in [-0.3, -0.25) is 0 Å². The molecule has 0 radical (unpaired) electrons. The Labute approximate surface area is 181 Å². The zero-order valence-corrected chi connectivity index (χ0v) is 18.5. The first-order chi connectivity index (χ1) is 13.3. The highest BCUT2D eigenvalue weighted by Crippen LogP contribution is 2.48. The topological polar surface area (TPSA) is 53.3 Å². The number of halogens is 2. The van der Waals surface area contributed by atoms with E-state index in [4.69, 9.17) is 21.1 Å². The van der Waals surface area contributed by atoms with E-state index in [1.165, 1.54) is 0 Å². The molecule has 4 rings (SSSR count). The number of hydrogen-bond acceptors (Lipinski definition) is 4. The van der Waals surface area contributed by atoms with Gasteiger partial charge in [0.05, 0.1) is 28.6 Å². The van der Waals surface area contributed by atoms with Gasteiger partial charge in [-0.05, 0) is 73.7 Å². The normalized spacial score (nSPS) is 14.0. The Kier molecular flexibility index (Phi) is 4.87. The maximum Gasteiger partial charge on any atom is 0.359 e. The number of para-hydroxylation sites is 1. The summed E-state index contributed by atoms with van der Waals surface area (Å²) in [7, 11) is 0. The number of aromatic nitrogens is 2. The van der Waals surface area contributed by atoms with Crippen molar-refractivity contribution in [1.82, 2.24) is 9.78 Å². The zero-order valence-electron chi connectivity index (χ0n) is 15.6. The van der Waals surface area contributed by atoms with Gasteiger partial charge in [-0.1, -0.05) is 23.7 Å². The minimum atomic E-state index is -0.769. The smallest absolute Gasteiger partial charge is 0.359 e. The second kappa shape index (κ2) is 7.08. The van der Waals surface area contributed by atoms with E-state index < -0.39 is 11.6 Å². The number of benzene rings is 2. The van der Waals surface area contributed by atoms with E-state index in [0.717, 1.165) is 20.6 Å². The van der Waals surface area contributed by atoms with Crippen molar-refractivity contribution in [3.05, 3.63) is 62.3 Å². The number of rotatable bonds is 3. The van der Waals surface area contributed by atoms with Gasteiger partial charge < -0.3 is 9.47 Å². The second-order valence-electron chi connectivity index (χ2n) is 6.91. The molecule has 0 N–H and O–H groups in total. The summed E-state index contributed by atoms with van der Waals surface area (Å²) in [6.45, 7) is 5.89. The van der Waals surface area contributed by atoms with Gasteiger partial charge in [0, 0.05) is 9.13 Å². The highest BCUT2D eigenvalue weighted by molar-refractivity contribution is 14.1. The molecule has 1 aliphatic heterocycles. The third kappa shape index (κ3) is 3.08. The summed E-state index contributed by atoms with van der Waals surface area (Å²) in [4.78, 5) is 12.7. The molecule has 2 aromatic carbocycles. The summed E-state index contributed by atoms with van der Waals surface area (Å²) in [5.41, 5.74) is 2.51. The van der Waals surface area contributed by atoms with Gasteiger partial charge in [-0.25, -0.2) is 9.48 Å². The van der Waals surface area contributed by atoms with Gasteiger partial charge in [0.1, 0.15) is 11.4 Å². The fraction of sp³-hybridized carbons (Fsp3) is 0.238. The number of fused-ring (bicyclic) bond motifs is 3. The van der Waals surface area contributed by atoms with Crippen LogP contribution in [0.4, 0.5) is 0 Å². The average molecular weight is 509 g/mol. The van der Waals surface area contributed by atoms with Crippen LogP contribution in [0.3, 0.4) is 0 Å². The molecule has 7 heteroatoms. The van der Waals surface area contributed by atoms with E-state index in [9.17, 15) is 4.79 Å². The molecule has 28 heavy (non-hydrogen) atoms. The number of hydrogen-bond donors (Lipinski definition) is 0. The van der Waals surface area contributed by atoms with Crippen molar-refractivity contribution in [1.29, 1.82) is 0 Å². The summed E-state index contributed by atoms with van der Waals surface area (Å²) in [6, 6.07) is 13.4. The molecule has 0 amide bonds. The van der Waals surface area contributed by atoms with Crippen molar-refractivity contribution in [2.75, 3.05) is 6.61 Å². The van der Waals surface area contributed by atoms with Gasteiger partial charge in [0.15, 0.2) is 5.69 Å². The lowest BCUT2D eigenvalue weighted by Crippen LogP contribution is -2.31. The van der Waals surface area contributed by atoms with E-state index in [1.807, 2.05) is 50.2 Å². The molecule has 0 atom stereocenters. The number of carbonyl (C=O) groups is 1. The number of ether oxygens (including phenoxy) is 2. The number of esters is 1. The number of nitrogens with zero attached hydrogens (tertiary/aromatic N) is 2. The molecule has 0 unspecified atom stereocenters. The first kappa shape index (κ1) is 19.3. The maximum atomic E-state index is 12.7. The molecule has 2 heterocycles. The van der Waals surface area contributed by atoms with E-state index >= 15 is 0 Å². The molecule has 1 aliphatic rings. The maximum absolute atomic E-state index is 12.7. The van der Waals surface area contributed by atoms with Crippen LogP contribution in [0.1, 0.15) is 36.8 Å². The Hall–Kier alpha value is -2.06. The molecule has 0 saturated carbocycles. The van der Waals surface area contributed by atoms with Crippen LogP contribution in [0.2, 0.25) is 5.02 Å². The summed E-state index contributed by atoms with van der Waals surface area (Å²) in [5, 5.41) is 5.18. The first-order valence-electron chi connectivity index (χ1n) is 8.88. The van der Waals surface area contributed by atoms with Crippen LogP contribution in [-0.2, 0) is 10.3 Å². The van der Waals surface area contributed by atoms with Crippen molar-refractivity contribution in [3.8, 4) is 22.7 Å². The van der Waals surface area contributed by atoms with Crippen molar-refractivity contribution in [2.24, 2.45) is 0 Å². The minimum absolute atomic E-state index is 0.242. The molecular formula is C21H18ClIN2O3. The highest BCUT2D eigenvalue weighted by atomic mass is 127. The predicted molar refractivity (Wildman–Crippen MR) is 116 cm³/mol. The van der Waals surface area contributed by atoms with Gasteiger partial charge in [-0.15, -0.1) is 0 Å². The van der Waals surface area contributed by atoms with Crippen LogP contribution < -0.4 is 4.74 Å². The van der Waals surface area contributed by atoms with Gasteiger partial charge in [0.2, 0.25) is 0 Å². The molecule has 5 nitrogen and oxygen atoms in total. The summed E-state index contributed by atoms with van der Waals surface area (Å²) in [6.07, 6.45) is 0. The molecule has 0 saturated heterocycles. The van der Waals surface area contributed by atoms with Crippen LogP contribution in [0.5, 0.6) is 5.75 Å². The first-order valence-corrected chi connectivity index (χ1v) is 10.3. The fourth-order valence-electron chi connectivity index (χ4n) is 3.48. The lowest BCUT2D eigenvalue weighted by molar-refractivity contribution is 0.0500. The molecule has 0 aliphatic carbocycles. The summed E-state index contributed by atoms with van der Waals surface area (Å²) < 4.78 is 14.3. The van der Waals surface area contributed by atoms with Crippen molar-refractivity contribution >= 4 is 40.2 Å². The lowest BCUT2D eigenvalue weighted by atomic mass is 9.89. The van der Waals surface area contributed by atoms with Gasteiger partial charge in [-0.2, -0.15) is 5.10 Å². The highest BCUT2D eigenvalue weighted by Gasteiger charge is 2.41.